The lowest BCUT2D eigenvalue weighted by molar-refractivity contribution is -0.134. The fourth-order valence-corrected chi connectivity index (χ4v) is 2.54. The maximum absolute atomic E-state index is 11.7. The van der Waals surface area contributed by atoms with Crippen LogP contribution in [0.1, 0.15) is 32.1 Å². The van der Waals surface area contributed by atoms with Crippen LogP contribution >= 0.6 is 0 Å². The van der Waals surface area contributed by atoms with Gasteiger partial charge in [0.2, 0.25) is 5.91 Å². The fourth-order valence-electron chi connectivity index (χ4n) is 2.54. The molecule has 4 heteroatoms. The molecule has 0 aromatic carbocycles. The molecular weight excluding hydrogens is 204 g/mol. The highest BCUT2D eigenvalue weighted by Gasteiger charge is 2.34. The second kappa shape index (κ2) is 5.15. The smallest absolute Gasteiger partial charge is 0.223 e. The van der Waals surface area contributed by atoms with Gasteiger partial charge < -0.3 is 15.7 Å². The van der Waals surface area contributed by atoms with Gasteiger partial charge in [0.05, 0.1) is 6.10 Å². The summed E-state index contributed by atoms with van der Waals surface area (Å²) in [6.45, 7) is 1.85. The highest BCUT2D eigenvalue weighted by Crippen LogP contribution is 2.37. The lowest BCUT2D eigenvalue weighted by Crippen LogP contribution is -2.46. The van der Waals surface area contributed by atoms with E-state index in [4.69, 9.17) is 5.73 Å². The van der Waals surface area contributed by atoms with Crippen molar-refractivity contribution in [3.8, 4) is 0 Å². The van der Waals surface area contributed by atoms with Gasteiger partial charge in [-0.25, -0.2) is 0 Å². The third kappa shape index (κ3) is 2.95. The molecule has 0 bridgehead atoms. The van der Waals surface area contributed by atoms with E-state index in [0.29, 0.717) is 25.4 Å². The van der Waals surface area contributed by atoms with E-state index >= 15 is 0 Å². The van der Waals surface area contributed by atoms with Gasteiger partial charge in [-0.2, -0.15) is 0 Å². The Kier molecular flexibility index (Phi) is 3.82. The fraction of sp³-hybridized carbons (Fsp3) is 0.917. The molecular formula is C12H22N2O2. The molecule has 1 aliphatic heterocycles. The third-order valence-corrected chi connectivity index (χ3v) is 3.74. The zero-order chi connectivity index (χ0) is 11.5. The minimum Gasteiger partial charge on any atom is -0.393 e. The highest BCUT2D eigenvalue weighted by molar-refractivity contribution is 5.76. The molecule has 1 saturated heterocycles. The van der Waals surface area contributed by atoms with Crippen LogP contribution in [-0.2, 0) is 4.79 Å². The number of carbonyl (C=O) groups is 1. The molecule has 0 aromatic heterocycles. The average Bonchev–Trinajstić information content (AvgIpc) is 3.05. The predicted molar refractivity (Wildman–Crippen MR) is 61.7 cm³/mol. The molecule has 1 saturated carbocycles. The molecule has 4 nitrogen and oxygen atoms in total. The van der Waals surface area contributed by atoms with Gasteiger partial charge in [0.15, 0.2) is 0 Å². The van der Waals surface area contributed by atoms with Crippen LogP contribution < -0.4 is 5.73 Å². The minimum atomic E-state index is -0.206. The Labute approximate surface area is 96.8 Å². The first-order valence-corrected chi connectivity index (χ1v) is 6.36. The summed E-state index contributed by atoms with van der Waals surface area (Å²) in [5, 5.41) is 9.91. The van der Waals surface area contributed by atoms with Gasteiger partial charge in [0.25, 0.3) is 0 Å². The number of nitrogens with zero attached hydrogens (tertiary/aromatic N) is 1. The Morgan fingerprint density at radius 1 is 1.38 bits per heavy atom. The number of amides is 1. The maximum Gasteiger partial charge on any atom is 0.223 e. The molecule has 1 heterocycles. The van der Waals surface area contributed by atoms with Gasteiger partial charge in [-0.3, -0.25) is 4.79 Å². The Balaban J connectivity index is 1.84. The van der Waals surface area contributed by atoms with Crippen molar-refractivity contribution in [1.82, 2.24) is 4.90 Å². The second-order valence-electron chi connectivity index (χ2n) is 5.17. The van der Waals surface area contributed by atoms with E-state index in [1.54, 1.807) is 0 Å². The maximum atomic E-state index is 11.7. The van der Waals surface area contributed by atoms with Crippen molar-refractivity contribution < 1.29 is 9.90 Å². The first kappa shape index (κ1) is 11.9. The van der Waals surface area contributed by atoms with Crippen LogP contribution in [0, 0.1) is 11.8 Å². The number of nitrogens with two attached hydrogens (primary N) is 1. The number of hydrogen-bond acceptors (Lipinski definition) is 3. The molecule has 92 valence electrons. The summed E-state index contributed by atoms with van der Waals surface area (Å²) in [4.78, 5) is 13.6. The van der Waals surface area contributed by atoms with Crippen LogP contribution in [0.25, 0.3) is 0 Å². The summed E-state index contributed by atoms with van der Waals surface area (Å²) in [5.41, 5.74) is 5.39. The molecule has 16 heavy (non-hydrogen) atoms. The number of aliphatic hydroxyl groups is 1. The van der Waals surface area contributed by atoms with E-state index in [0.717, 1.165) is 25.3 Å². The largest absolute Gasteiger partial charge is 0.393 e. The van der Waals surface area contributed by atoms with Crippen LogP contribution in [-0.4, -0.2) is 41.7 Å². The molecule has 0 spiro atoms. The highest BCUT2D eigenvalue weighted by atomic mass is 16.3. The van der Waals surface area contributed by atoms with E-state index in [1.165, 1.54) is 12.8 Å². The van der Waals surface area contributed by atoms with E-state index in [-0.39, 0.29) is 12.0 Å². The summed E-state index contributed by atoms with van der Waals surface area (Å²) >= 11 is 0. The van der Waals surface area contributed by atoms with Gasteiger partial charge in [-0.1, -0.05) is 12.8 Å². The predicted octanol–water partition coefficient (Wildman–Crippen LogP) is 0.345. The van der Waals surface area contributed by atoms with Crippen molar-refractivity contribution in [2.24, 2.45) is 17.6 Å². The Bertz CT molecular complexity index is 253. The van der Waals surface area contributed by atoms with Crippen LogP contribution in [0.4, 0.5) is 0 Å². The molecule has 1 amide bonds. The first-order valence-electron chi connectivity index (χ1n) is 6.36. The normalized spacial score (nSPS) is 30.5. The summed E-state index contributed by atoms with van der Waals surface area (Å²) < 4.78 is 0. The molecule has 2 aliphatic rings. The lowest BCUT2D eigenvalue weighted by Gasteiger charge is -2.36. The second-order valence-corrected chi connectivity index (χ2v) is 5.17. The SMILES string of the molecule is NCCC(=O)N1CC[C@@H](O)[C@@H](CC2CC2)C1. The monoisotopic (exact) mass is 226 g/mol. The standard InChI is InChI=1S/C12H22N2O2/c13-5-3-12(16)14-6-4-11(15)10(8-14)7-9-1-2-9/h9-11,15H,1-8,13H2/t10-,11+/m0/s1. The zero-order valence-electron chi connectivity index (χ0n) is 9.77. The number of rotatable bonds is 4. The van der Waals surface area contributed by atoms with Gasteiger partial charge in [0.1, 0.15) is 0 Å². The summed E-state index contributed by atoms with van der Waals surface area (Å²) in [7, 11) is 0. The van der Waals surface area contributed by atoms with Gasteiger partial charge >= 0.3 is 0 Å². The van der Waals surface area contributed by atoms with E-state index < -0.39 is 0 Å². The van der Waals surface area contributed by atoms with Crippen LogP contribution in [0.3, 0.4) is 0 Å². The van der Waals surface area contributed by atoms with Crippen molar-refractivity contribution >= 4 is 5.91 Å². The Morgan fingerprint density at radius 3 is 2.75 bits per heavy atom. The van der Waals surface area contributed by atoms with Crippen LogP contribution in [0.15, 0.2) is 0 Å². The summed E-state index contributed by atoms with van der Waals surface area (Å²) in [6, 6.07) is 0. The Hall–Kier alpha value is -0.610. The lowest BCUT2D eigenvalue weighted by atomic mass is 9.89. The van der Waals surface area contributed by atoms with Gasteiger partial charge in [-0.15, -0.1) is 0 Å². The third-order valence-electron chi connectivity index (χ3n) is 3.74. The number of aliphatic hydroxyl groups excluding tert-OH is 1. The summed E-state index contributed by atoms with van der Waals surface area (Å²) in [6.07, 6.45) is 4.66. The number of hydrogen-bond donors (Lipinski definition) is 2. The average molecular weight is 226 g/mol. The van der Waals surface area contributed by atoms with Crippen molar-refractivity contribution in [2.75, 3.05) is 19.6 Å². The van der Waals surface area contributed by atoms with Crippen molar-refractivity contribution in [2.45, 2.75) is 38.2 Å². The first-order chi connectivity index (χ1) is 7.70. The number of piperidine rings is 1. The topological polar surface area (TPSA) is 66.6 Å². The van der Waals surface area contributed by atoms with E-state index in [9.17, 15) is 9.90 Å². The van der Waals surface area contributed by atoms with Crippen molar-refractivity contribution in [3.05, 3.63) is 0 Å². The molecule has 2 fully saturated rings. The number of likely N-dealkylation sites (tertiary alicyclic amines) is 1. The molecule has 1 aliphatic carbocycles. The summed E-state index contributed by atoms with van der Waals surface area (Å²) in [5.74, 6) is 1.25. The quantitative estimate of drug-likeness (QED) is 0.726. The van der Waals surface area contributed by atoms with Crippen molar-refractivity contribution in [1.29, 1.82) is 0 Å². The Morgan fingerprint density at radius 2 is 2.12 bits per heavy atom. The van der Waals surface area contributed by atoms with Crippen molar-refractivity contribution in [3.63, 3.8) is 0 Å². The minimum absolute atomic E-state index is 0.148. The molecule has 0 aromatic rings. The molecule has 0 unspecified atom stereocenters. The van der Waals surface area contributed by atoms with Crippen LogP contribution in [0.2, 0.25) is 0 Å². The van der Waals surface area contributed by atoms with Crippen LogP contribution in [0.5, 0.6) is 0 Å². The van der Waals surface area contributed by atoms with E-state index in [1.807, 2.05) is 4.90 Å². The number of carbonyl (C=O) groups excluding carboxylic acids is 1. The molecule has 2 atom stereocenters. The van der Waals surface area contributed by atoms with Gasteiger partial charge in [-0.05, 0) is 18.8 Å². The van der Waals surface area contributed by atoms with E-state index in [2.05, 4.69) is 0 Å². The molecule has 2 rings (SSSR count). The molecule has 0 radical (unpaired) electrons. The molecule has 3 N–H and O–H groups in total. The zero-order valence-corrected chi connectivity index (χ0v) is 9.77. The van der Waals surface area contributed by atoms with Gasteiger partial charge in [0, 0.05) is 32.0 Å².